The van der Waals surface area contributed by atoms with Gasteiger partial charge >= 0.3 is 0 Å². The third-order valence-electron chi connectivity index (χ3n) is 4.24. The summed E-state index contributed by atoms with van der Waals surface area (Å²) in [6.07, 6.45) is 3.13. The van der Waals surface area contributed by atoms with E-state index in [-0.39, 0.29) is 17.3 Å². The van der Waals surface area contributed by atoms with Crippen LogP contribution in [0.15, 0.2) is 96.5 Å². The number of benzene rings is 2. The summed E-state index contributed by atoms with van der Waals surface area (Å²) in [6, 6.07) is 20.4. The molecule has 6 nitrogen and oxygen atoms in total. The van der Waals surface area contributed by atoms with Crippen molar-refractivity contribution in [2.24, 2.45) is 0 Å². The molecule has 0 fully saturated rings. The Kier molecular flexibility index (Phi) is 6.54. The van der Waals surface area contributed by atoms with Gasteiger partial charge in [0.25, 0.3) is 5.91 Å². The van der Waals surface area contributed by atoms with Crippen molar-refractivity contribution in [2.75, 3.05) is 6.54 Å². The quantitative estimate of drug-likeness (QED) is 0.562. The van der Waals surface area contributed by atoms with Gasteiger partial charge in [-0.05, 0) is 42.0 Å². The van der Waals surface area contributed by atoms with Crippen molar-refractivity contribution in [1.29, 1.82) is 0 Å². The van der Waals surface area contributed by atoms with E-state index in [2.05, 4.69) is 21.6 Å². The van der Waals surface area contributed by atoms with Gasteiger partial charge in [0.05, 0.1) is 16.6 Å². The van der Waals surface area contributed by atoms with E-state index in [1.165, 1.54) is 30.3 Å². The molecular weight excluding hydrogens is 386 g/mol. The van der Waals surface area contributed by atoms with Crippen LogP contribution >= 0.6 is 0 Å². The maximum absolute atomic E-state index is 12.8. The zero-order chi connectivity index (χ0) is 20.7. The Labute approximate surface area is 170 Å². The fraction of sp³-hybridized carbons (Fsp3) is 0.0909. The number of sulfonamides is 1. The molecule has 1 heterocycles. The lowest BCUT2D eigenvalue weighted by Gasteiger charge is -2.19. The highest BCUT2D eigenvalue weighted by molar-refractivity contribution is 7.89. The molecule has 0 bridgehead atoms. The van der Waals surface area contributed by atoms with Crippen molar-refractivity contribution in [2.45, 2.75) is 10.9 Å². The Hall–Kier alpha value is -3.29. The second-order valence-electron chi connectivity index (χ2n) is 6.24. The largest absolute Gasteiger partial charge is 0.340 e. The van der Waals surface area contributed by atoms with E-state index >= 15 is 0 Å². The van der Waals surface area contributed by atoms with Gasteiger partial charge in [-0.25, -0.2) is 13.1 Å². The molecule has 2 N–H and O–H groups in total. The molecular formula is C22H21N3O3S. The number of aromatic nitrogens is 1. The number of carbonyl (C=O) groups excluding carboxylic acids is 1. The first-order valence-corrected chi connectivity index (χ1v) is 10.5. The van der Waals surface area contributed by atoms with Crippen LogP contribution in [0.25, 0.3) is 0 Å². The Morgan fingerprint density at radius 1 is 1.00 bits per heavy atom. The molecule has 0 aliphatic heterocycles. The summed E-state index contributed by atoms with van der Waals surface area (Å²) in [7, 11) is -3.64. The molecule has 148 valence electrons. The lowest BCUT2D eigenvalue weighted by molar-refractivity contribution is 0.0942. The molecule has 1 atom stereocenters. The molecule has 3 rings (SSSR count). The van der Waals surface area contributed by atoms with Gasteiger partial charge < -0.3 is 5.32 Å². The number of amides is 1. The molecule has 1 amide bonds. The van der Waals surface area contributed by atoms with E-state index in [0.29, 0.717) is 11.3 Å². The zero-order valence-electron chi connectivity index (χ0n) is 15.7. The van der Waals surface area contributed by atoms with Crippen molar-refractivity contribution >= 4 is 15.9 Å². The molecule has 7 heteroatoms. The predicted octanol–water partition coefficient (Wildman–Crippen LogP) is 3.07. The smallest absolute Gasteiger partial charge is 0.252 e. The van der Waals surface area contributed by atoms with Crippen LogP contribution in [0.5, 0.6) is 0 Å². The number of hydrogen-bond acceptors (Lipinski definition) is 4. The highest BCUT2D eigenvalue weighted by Crippen LogP contribution is 2.21. The van der Waals surface area contributed by atoms with Gasteiger partial charge in [0.15, 0.2) is 0 Å². The van der Waals surface area contributed by atoms with Crippen LogP contribution in [0.4, 0.5) is 0 Å². The summed E-state index contributed by atoms with van der Waals surface area (Å²) in [4.78, 5) is 17.3. The number of rotatable bonds is 8. The zero-order valence-corrected chi connectivity index (χ0v) is 16.5. The summed E-state index contributed by atoms with van der Waals surface area (Å²) >= 11 is 0. The van der Waals surface area contributed by atoms with Crippen LogP contribution in [0.3, 0.4) is 0 Å². The molecule has 1 aromatic heterocycles. The number of carbonyl (C=O) groups is 1. The average Bonchev–Trinajstić information content (AvgIpc) is 2.77. The third-order valence-corrected chi connectivity index (χ3v) is 5.68. The summed E-state index contributed by atoms with van der Waals surface area (Å²) < 4.78 is 26.7. The maximum Gasteiger partial charge on any atom is 0.252 e. The van der Waals surface area contributed by atoms with Gasteiger partial charge in [0, 0.05) is 18.3 Å². The highest BCUT2D eigenvalue weighted by Gasteiger charge is 2.19. The van der Waals surface area contributed by atoms with E-state index in [1.54, 1.807) is 6.20 Å². The Balaban J connectivity index is 1.82. The van der Waals surface area contributed by atoms with Gasteiger partial charge in [0.2, 0.25) is 10.0 Å². The molecule has 1 unspecified atom stereocenters. The minimum Gasteiger partial charge on any atom is -0.340 e. The lowest BCUT2D eigenvalue weighted by atomic mass is 10.0. The highest BCUT2D eigenvalue weighted by atomic mass is 32.2. The normalized spacial score (nSPS) is 12.1. The number of nitrogens with zero attached hydrogens (tertiary/aromatic N) is 1. The third kappa shape index (κ3) is 5.16. The summed E-state index contributed by atoms with van der Waals surface area (Å²) in [5, 5.41) is 2.98. The van der Waals surface area contributed by atoms with Crippen molar-refractivity contribution in [1.82, 2.24) is 15.0 Å². The van der Waals surface area contributed by atoms with Gasteiger partial charge in [-0.1, -0.05) is 42.5 Å². The number of hydrogen-bond donors (Lipinski definition) is 2. The number of nitrogens with one attached hydrogen (secondary N) is 2. The molecule has 0 saturated carbocycles. The molecule has 0 saturated heterocycles. The molecule has 3 aromatic rings. The van der Waals surface area contributed by atoms with Crippen molar-refractivity contribution < 1.29 is 13.2 Å². The lowest BCUT2D eigenvalue weighted by Crippen LogP contribution is -2.30. The topological polar surface area (TPSA) is 88.2 Å². The molecule has 0 spiro atoms. The monoisotopic (exact) mass is 407 g/mol. The van der Waals surface area contributed by atoms with Crippen LogP contribution in [0.1, 0.15) is 27.7 Å². The molecule has 29 heavy (non-hydrogen) atoms. The van der Waals surface area contributed by atoms with Gasteiger partial charge in [0.1, 0.15) is 0 Å². The Morgan fingerprint density at radius 3 is 2.31 bits per heavy atom. The van der Waals surface area contributed by atoms with Crippen molar-refractivity contribution in [3.63, 3.8) is 0 Å². The van der Waals surface area contributed by atoms with Crippen LogP contribution in [-0.2, 0) is 10.0 Å². The Morgan fingerprint density at radius 2 is 1.69 bits per heavy atom. The first-order valence-electron chi connectivity index (χ1n) is 8.98. The predicted molar refractivity (Wildman–Crippen MR) is 112 cm³/mol. The van der Waals surface area contributed by atoms with Crippen LogP contribution in [0.2, 0.25) is 0 Å². The minimum atomic E-state index is -3.64. The summed E-state index contributed by atoms with van der Waals surface area (Å²) in [5.74, 6) is -0.326. The van der Waals surface area contributed by atoms with Crippen LogP contribution in [-0.4, -0.2) is 25.9 Å². The van der Waals surface area contributed by atoms with E-state index in [0.717, 1.165) is 5.56 Å². The van der Waals surface area contributed by atoms with Crippen LogP contribution < -0.4 is 10.0 Å². The van der Waals surface area contributed by atoms with Crippen LogP contribution in [0, 0.1) is 0 Å². The maximum atomic E-state index is 12.8. The Bertz CT molecular complexity index is 1030. The molecule has 0 aliphatic carbocycles. The van der Waals surface area contributed by atoms with Gasteiger partial charge in [-0.15, -0.1) is 6.58 Å². The second kappa shape index (κ2) is 9.27. The van der Waals surface area contributed by atoms with E-state index in [4.69, 9.17) is 0 Å². The van der Waals surface area contributed by atoms with Gasteiger partial charge in [-0.3, -0.25) is 9.78 Å². The standard InChI is InChI=1S/C22H21N3O3S/c1-2-15-24-29(27,28)19-13-11-18(12-14-19)22(26)25-21(17-8-4-3-5-9-17)20-10-6-7-16-23-20/h2-14,16,21,24H,1,15H2,(H,25,26). The molecule has 0 aliphatic rings. The van der Waals surface area contributed by atoms with E-state index in [1.807, 2.05) is 48.5 Å². The average molecular weight is 407 g/mol. The van der Waals surface area contributed by atoms with E-state index in [9.17, 15) is 13.2 Å². The fourth-order valence-electron chi connectivity index (χ4n) is 2.77. The minimum absolute atomic E-state index is 0.0836. The first-order chi connectivity index (χ1) is 14.0. The molecule has 2 aromatic carbocycles. The summed E-state index contributed by atoms with van der Waals surface area (Å²) in [6.45, 7) is 3.62. The second-order valence-corrected chi connectivity index (χ2v) is 8.00. The number of pyridine rings is 1. The summed E-state index contributed by atoms with van der Waals surface area (Å²) in [5.41, 5.74) is 1.96. The van der Waals surface area contributed by atoms with E-state index < -0.39 is 16.1 Å². The first kappa shape index (κ1) is 20.4. The van der Waals surface area contributed by atoms with Crippen molar-refractivity contribution in [3.05, 3.63) is 108 Å². The van der Waals surface area contributed by atoms with Gasteiger partial charge in [-0.2, -0.15) is 0 Å². The fourth-order valence-corrected chi connectivity index (χ4v) is 3.77. The SMILES string of the molecule is C=CCNS(=O)(=O)c1ccc(C(=O)NC(c2ccccc2)c2ccccn2)cc1. The van der Waals surface area contributed by atoms with Crippen molar-refractivity contribution in [3.8, 4) is 0 Å². The molecule has 0 radical (unpaired) electrons.